The van der Waals surface area contributed by atoms with Crippen LogP contribution in [0.4, 0.5) is 11.4 Å². The van der Waals surface area contributed by atoms with Crippen molar-refractivity contribution >= 4 is 27.4 Å². The number of carboxylic acids is 1. The molecule has 2 aromatic carbocycles. The zero-order valence-electron chi connectivity index (χ0n) is 15.5. The molecule has 1 fully saturated rings. The topological polar surface area (TPSA) is 86.7 Å². The molecule has 1 unspecified atom stereocenters. The molecule has 7 heteroatoms. The number of aryl methyl sites for hydroxylation is 1. The van der Waals surface area contributed by atoms with Gasteiger partial charge in [0, 0.05) is 13.1 Å². The van der Waals surface area contributed by atoms with E-state index in [1.165, 1.54) is 12.1 Å². The van der Waals surface area contributed by atoms with Gasteiger partial charge in [-0.15, -0.1) is 0 Å². The van der Waals surface area contributed by atoms with Crippen LogP contribution in [0.3, 0.4) is 0 Å². The highest BCUT2D eigenvalue weighted by molar-refractivity contribution is 7.92. The zero-order valence-corrected chi connectivity index (χ0v) is 16.3. The number of nitrogens with one attached hydrogen (secondary N) is 1. The molecule has 1 aliphatic heterocycles. The van der Waals surface area contributed by atoms with E-state index in [-0.39, 0.29) is 10.5 Å². The van der Waals surface area contributed by atoms with Gasteiger partial charge in [0.1, 0.15) is 0 Å². The van der Waals surface area contributed by atoms with Gasteiger partial charge >= 0.3 is 5.97 Å². The average molecular weight is 388 g/mol. The van der Waals surface area contributed by atoms with Crippen molar-refractivity contribution in [3.05, 3.63) is 53.6 Å². The van der Waals surface area contributed by atoms with Crippen LogP contribution in [0.2, 0.25) is 0 Å². The lowest BCUT2D eigenvalue weighted by Crippen LogP contribution is -2.35. The molecule has 2 N–H and O–H groups in total. The third-order valence-electron chi connectivity index (χ3n) is 4.82. The standard InChI is InChI=1S/C20H24N2O4S/c1-14-5-8-17(9-6-14)27(25,26)21-18-12-16(20(23)24)7-10-19(18)22-11-3-4-15(2)13-22/h5-10,12,15,21H,3-4,11,13H2,1-2H3,(H,23,24). The Hall–Kier alpha value is -2.54. The lowest BCUT2D eigenvalue weighted by Gasteiger charge is -2.34. The number of hydrogen-bond acceptors (Lipinski definition) is 4. The van der Waals surface area contributed by atoms with Gasteiger partial charge in [0.25, 0.3) is 10.0 Å². The number of piperidine rings is 1. The fraction of sp³-hybridized carbons (Fsp3) is 0.350. The molecule has 144 valence electrons. The van der Waals surface area contributed by atoms with E-state index in [1.807, 2.05) is 6.92 Å². The largest absolute Gasteiger partial charge is 0.478 e. The summed E-state index contributed by atoms with van der Waals surface area (Å²) in [5.74, 6) is -0.594. The molecule has 6 nitrogen and oxygen atoms in total. The monoisotopic (exact) mass is 388 g/mol. The van der Waals surface area contributed by atoms with E-state index in [2.05, 4.69) is 16.5 Å². The van der Waals surface area contributed by atoms with Crippen LogP contribution in [-0.2, 0) is 10.0 Å². The number of rotatable bonds is 5. The van der Waals surface area contributed by atoms with Crippen molar-refractivity contribution in [2.24, 2.45) is 5.92 Å². The Balaban J connectivity index is 1.99. The summed E-state index contributed by atoms with van der Waals surface area (Å²) >= 11 is 0. The smallest absolute Gasteiger partial charge is 0.335 e. The quantitative estimate of drug-likeness (QED) is 0.815. The number of nitrogens with zero attached hydrogens (tertiary/aromatic N) is 1. The third kappa shape index (κ3) is 4.42. The zero-order chi connectivity index (χ0) is 19.6. The fourth-order valence-electron chi connectivity index (χ4n) is 3.36. The van der Waals surface area contributed by atoms with Crippen LogP contribution in [0.15, 0.2) is 47.4 Å². The Bertz CT molecular complexity index is 939. The van der Waals surface area contributed by atoms with Crippen LogP contribution in [0.25, 0.3) is 0 Å². The molecule has 2 aromatic rings. The summed E-state index contributed by atoms with van der Waals surface area (Å²) in [6.07, 6.45) is 2.15. The normalized spacial score (nSPS) is 17.6. The molecule has 27 heavy (non-hydrogen) atoms. The lowest BCUT2D eigenvalue weighted by atomic mass is 9.99. The highest BCUT2D eigenvalue weighted by Crippen LogP contribution is 2.32. The van der Waals surface area contributed by atoms with Gasteiger partial charge in [-0.2, -0.15) is 0 Å². The van der Waals surface area contributed by atoms with Crippen molar-refractivity contribution in [1.82, 2.24) is 0 Å². The fourth-order valence-corrected chi connectivity index (χ4v) is 4.42. The molecule has 1 aliphatic rings. The number of hydrogen-bond donors (Lipinski definition) is 2. The highest BCUT2D eigenvalue weighted by atomic mass is 32.2. The Morgan fingerprint density at radius 1 is 1.19 bits per heavy atom. The van der Waals surface area contributed by atoms with E-state index in [4.69, 9.17) is 0 Å². The first kappa shape index (κ1) is 19.2. The van der Waals surface area contributed by atoms with Gasteiger partial charge in [-0.05, 0) is 56.0 Å². The van der Waals surface area contributed by atoms with E-state index in [1.54, 1.807) is 30.3 Å². The van der Waals surface area contributed by atoms with Gasteiger partial charge in [-0.1, -0.05) is 24.6 Å². The van der Waals surface area contributed by atoms with Crippen molar-refractivity contribution in [1.29, 1.82) is 0 Å². The number of sulfonamides is 1. The summed E-state index contributed by atoms with van der Waals surface area (Å²) in [5.41, 5.74) is 2.02. The van der Waals surface area contributed by atoms with E-state index in [0.29, 0.717) is 17.3 Å². The number of carboxylic acid groups (broad SMARTS) is 1. The lowest BCUT2D eigenvalue weighted by molar-refractivity contribution is 0.0697. The highest BCUT2D eigenvalue weighted by Gasteiger charge is 2.23. The molecule has 1 atom stereocenters. The Labute approximate surface area is 159 Å². The summed E-state index contributed by atoms with van der Waals surface area (Å²) in [6.45, 7) is 5.67. The summed E-state index contributed by atoms with van der Waals surface area (Å²) in [4.78, 5) is 13.6. The van der Waals surface area contributed by atoms with E-state index in [0.717, 1.165) is 31.5 Å². The second-order valence-electron chi connectivity index (χ2n) is 7.15. The number of anilines is 2. The summed E-state index contributed by atoms with van der Waals surface area (Å²) in [5, 5.41) is 9.31. The van der Waals surface area contributed by atoms with E-state index >= 15 is 0 Å². The maximum atomic E-state index is 12.8. The van der Waals surface area contributed by atoms with Crippen LogP contribution in [0, 0.1) is 12.8 Å². The molecular weight excluding hydrogens is 364 g/mol. The third-order valence-corrected chi connectivity index (χ3v) is 6.20. The SMILES string of the molecule is Cc1ccc(S(=O)(=O)Nc2cc(C(=O)O)ccc2N2CCCC(C)C2)cc1. The molecule has 3 rings (SSSR count). The maximum absolute atomic E-state index is 12.8. The van der Waals surface area contributed by atoms with Crippen LogP contribution >= 0.6 is 0 Å². The Morgan fingerprint density at radius 2 is 1.89 bits per heavy atom. The Morgan fingerprint density at radius 3 is 2.52 bits per heavy atom. The van der Waals surface area contributed by atoms with Gasteiger partial charge in [0.15, 0.2) is 0 Å². The molecule has 0 bridgehead atoms. The predicted molar refractivity (Wildman–Crippen MR) is 106 cm³/mol. The first-order valence-electron chi connectivity index (χ1n) is 8.98. The number of aromatic carboxylic acids is 1. The second kappa shape index (κ2) is 7.60. The Kier molecular flexibility index (Phi) is 5.41. The van der Waals surface area contributed by atoms with Crippen LogP contribution in [0.5, 0.6) is 0 Å². The second-order valence-corrected chi connectivity index (χ2v) is 8.83. The summed E-state index contributed by atoms with van der Waals surface area (Å²) in [6, 6.07) is 11.1. The van der Waals surface area contributed by atoms with Crippen molar-refractivity contribution in [2.45, 2.75) is 31.6 Å². The van der Waals surface area contributed by atoms with E-state index < -0.39 is 16.0 Å². The number of benzene rings is 2. The minimum Gasteiger partial charge on any atom is -0.478 e. The molecule has 0 amide bonds. The van der Waals surface area contributed by atoms with Gasteiger partial charge < -0.3 is 10.0 Å². The molecule has 0 spiro atoms. The van der Waals surface area contributed by atoms with Gasteiger partial charge in [-0.25, -0.2) is 13.2 Å². The first-order valence-corrected chi connectivity index (χ1v) is 10.5. The number of carbonyl (C=O) groups is 1. The van der Waals surface area contributed by atoms with Gasteiger partial charge in [0.05, 0.1) is 21.8 Å². The van der Waals surface area contributed by atoms with Crippen molar-refractivity contribution < 1.29 is 18.3 Å². The van der Waals surface area contributed by atoms with E-state index in [9.17, 15) is 18.3 Å². The van der Waals surface area contributed by atoms with Gasteiger partial charge in [0.2, 0.25) is 0 Å². The van der Waals surface area contributed by atoms with Crippen molar-refractivity contribution in [2.75, 3.05) is 22.7 Å². The van der Waals surface area contributed by atoms with Crippen molar-refractivity contribution in [3.63, 3.8) is 0 Å². The molecule has 1 heterocycles. The van der Waals surface area contributed by atoms with Crippen LogP contribution in [-0.4, -0.2) is 32.6 Å². The van der Waals surface area contributed by atoms with Crippen LogP contribution < -0.4 is 9.62 Å². The summed E-state index contributed by atoms with van der Waals surface area (Å²) in [7, 11) is -3.82. The molecule has 0 saturated carbocycles. The minimum atomic E-state index is -3.82. The molecular formula is C20H24N2O4S. The molecule has 0 aliphatic carbocycles. The average Bonchev–Trinajstić information content (AvgIpc) is 2.61. The molecule has 0 aromatic heterocycles. The van der Waals surface area contributed by atoms with Crippen LogP contribution in [0.1, 0.15) is 35.7 Å². The van der Waals surface area contributed by atoms with Gasteiger partial charge in [-0.3, -0.25) is 4.72 Å². The first-order chi connectivity index (χ1) is 12.8. The summed E-state index contributed by atoms with van der Waals surface area (Å²) < 4.78 is 28.2. The predicted octanol–water partition coefficient (Wildman–Crippen LogP) is 3.73. The molecule has 1 saturated heterocycles. The van der Waals surface area contributed by atoms with Crippen molar-refractivity contribution in [3.8, 4) is 0 Å². The maximum Gasteiger partial charge on any atom is 0.335 e. The minimum absolute atomic E-state index is 0.0467. The molecule has 0 radical (unpaired) electrons.